The first kappa shape index (κ1) is 17.4. The van der Waals surface area contributed by atoms with E-state index in [1.54, 1.807) is 25.1 Å². The van der Waals surface area contributed by atoms with Crippen LogP contribution in [0.15, 0.2) is 48.5 Å². The van der Waals surface area contributed by atoms with Crippen molar-refractivity contribution in [1.82, 2.24) is 0 Å². The number of halogens is 2. The van der Waals surface area contributed by atoms with Crippen molar-refractivity contribution in [2.45, 2.75) is 13.5 Å². The van der Waals surface area contributed by atoms with Gasteiger partial charge in [0.15, 0.2) is 0 Å². The van der Waals surface area contributed by atoms with E-state index in [1.165, 1.54) is 6.08 Å². The Bertz CT molecular complexity index is 694. The molecule has 0 heterocycles. The Morgan fingerprint density at radius 2 is 1.87 bits per heavy atom. The average Bonchev–Trinajstić information content (AvgIpc) is 2.54. The molecule has 2 aromatic carbocycles. The third-order valence-corrected chi connectivity index (χ3v) is 3.51. The van der Waals surface area contributed by atoms with Gasteiger partial charge in [0.2, 0.25) is 0 Å². The zero-order chi connectivity index (χ0) is 16.7. The van der Waals surface area contributed by atoms with Crippen LogP contribution in [-0.4, -0.2) is 12.6 Å². The van der Waals surface area contributed by atoms with Crippen molar-refractivity contribution >= 4 is 35.2 Å². The SMILES string of the molecule is CCOC(=O)/C=C/c1ccc(OCc2ccc(Cl)cc2)c(Cl)c1. The number of rotatable bonds is 6. The molecule has 0 fully saturated rings. The highest BCUT2D eigenvalue weighted by Crippen LogP contribution is 2.27. The van der Waals surface area contributed by atoms with E-state index < -0.39 is 0 Å². The first-order chi connectivity index (χ1) is 11.1. The Balaban J connectivity index is 1.99. The third-order valence-electron chi connectivity index (χ3n) is 2.96. The van der Waals surface area contributed by atoms with E-state index >= 15 is 0 Å². The van der Waals surface area contributed by atoms with Gasteiger partial charge in [-0.15, -0.1) is 0 Å². The van der Waals surface area contributed by atoms with Crippen LogP contribution in [-0.2, 0) is 16.1 Å². The molecule has 0 atom stereocenters. The van der Waals surface area contributed by atoms with Crippen LogP contribution in [0, 0.1) is 0 Å². The number of carbonyl (C=O) groups excluding carboxylic acids is 1. The Morgan fingerprint density at radius 1 is 1.13 bits per heavy atom. The molecule has 0 saturated carbocycles. The highest BCUT2D eigenvalue weighted by atomic mass is 35.5. The zero-order valence-electron chi connectivity index (χ0n) is 12.6. The summed E-state index contributed by atoms with van der Waals surface area (Å²) in [6, 6.07) is 12.7. The van der Waals surface area contributed by atoms with Crippen LogP contribution in [0.3, 0.4) is 0 Å². The summed E-state index contributed by atoms with van der Waals surface area (Å²) in [5, 5.41) is 1.16. The summed E-state index contributed by atoms with van der Waals surface area (Å²) in [6.07, 6.45) is 3.01. The molecule has 0 bridgehead atoms. The maximum Gasteiger partial charge on any atom is 0.330 e. The first-order valence-electron chi connectivity index (χ1n) is 7.10. The number of ether oxygens (including phenoxy) is 2. The molecular formula is C18H16Cl2O3. The van der Waals surface area contributed by atoms with Crippen molar-refractivity contribution in [3.05, 3.63) is 69.7 Å². The zero-order valence-corrected chi connectivity index (χ0v) is 14.1. The van der Waals surface area contributed by atoms with Crippen molar-refractivity contribution in [1.29, 1.82) is 0 Å². The van der Waals surface area contributed by atoms with Crippen LogP contribution in [0.4, 0.5) is 0 Å². The molecule has 0 aliphatic rings. The molecule has 0 unspecified atom stereocenters. The van der Waals surface area contributed by atoms with Gasteiger partial charge in [0, 0.05) is 11.1 Å². The fourth-order valence-electron chi connectivity index (χ4n) is 1.83. The van der Waals surface area contributed by atoms with E-state index in [1.807, 2.05) is 30.3 Å². The summed E-state index contributed by atoms with van der Waals surface area (Å²) in [6.45, 7) is 2.51. The maximum absolute atomic E-state index is 11.3. The molecule has 0 amide bonds. The van der Waals surface area contributed by atoms with Gasteiger partial charge >= 0.3 is 5.97 Å². The number of benzene rings is 2. The standard InChI is InChI=1S/C18H16Cl2O3/c1-2-22-18(21)10-6-13-5-9-17(16(20)11-13)23-12-14-3-7-15(19)8-4-14/h3-11H,2,12H2,1H3/b10-6+. The van der Waals surface area contributed by atoms with Crippen molar-refractivity contribution in [2.75, 3.05) is 6.61 Å². The Morgan fingerprint density at radius 3 is 2.52 bits per heavy atom. The molecule has 0 aliphatic carbocycles. The van der Waals surface area contributed by atoms with Crippen LogP contribution in [0.2, 0.25) is 10.0 Å². The first-order valence-corrected chi connectivity index (χ1v) is 7.85. The largest absolute Gasteiger partial charge is 0.487 e. The lowest BCUT2D eigenvalue weighted by molar-refractivity contribution is -0.137. The van der Waals surface area contributed by atoms with E-state index in [0.29, 0.717) is 29.0 Å². The predicted octanol–water partition coefficient (Wildman–Crippen LogP) is 5.15. The monoisotopic (exact) mass is 350 g/mol. The fraction of sp³-hybridized carbons (Fsp3) is 0.167. The number of esters is 1. The number of carbonyl (C=O) groups is 1. The van der Waals surface area contributed by atoms with E-state index in [9.17, 15) is 4.79 Å². The molecule has 0 radical (unpaired) electrons. The quantitative estimate of drug-likeness (QED) is 0.533. The number of hydrogen-bond acceptors (Lipinski definition) is 3. The molecule has 0 aliphatic heterocycles. The molecule has 0 spiro atoms. The van der Waals surface area contributed by atoms with Gasteiger partial charge in [-0.25, -0.2) is 4.79 Å². The topological polar surface area (TPSA) is 35.5 Å². The second kappa shape index (κ2) is 8.61. The lowest BCUT2D eigenvalue weighted by atomic mass is 10.2. The van der Waals surface area contributed by atoms with E-state index in [2.05, 4.69) is 0 Å². The normalized spacial score (nSPS) is 10.7. The van der Waals surface area contributed by atoms with E-state index in [-0.39, 0.29) is 5.97 Å². The molecule has 120 valence electrons. The lowest BCUT2D eigenvalue weighted by Crippen LogP contribution is -1.98. The molecule has 5 heteroatoms. The Labute approximate surface area is 145 Å². The molecule has 0 N–H and O–H groups in total. The van der Waals surface area contributed by atoms with Gasteiger partial charge in [-0.1, -0.05) is 41.4 Å². The molecule has 3 nitrogen and oxygen atoms in total. The minimum atomic E-state index is -0.383. The summed E-state index contributed by atoms with van der Waals surface area (Å²) in [7, 11) is 0. The Kier molecular flexibility index (Phi) is 6.51. The molecule has 2 aromatic rings. The second-order valence-corrected chi connectivity index (χ2v) is 5.53. The van der Waals surface area contributed by atoms with Crippen LogP contribution < -0.4 is 4.74 Å². The maximum atomic E-state index is 11.3. The van der Waals surface area contributed by atoms with Gasteiger partial charge in [-0.2, -0.15) is 0 Å². The van der Waals surface area contributed by atoms with Gasteiger partial charge < -0.3 is 9.47 Å². The molecule has 23 heavy (non-hydrogen) atoms. The van der Waals surface area contributed by atoms with Crippen molar-refractivity contribution in [2.24, 2.45) is 0 Å². The van der Waals surface area contributed by atoms with Gasteiger partial charge in [0.1, 0.15) is 12.4 Å². The van der Waals surface area contributed by atoms with Crippen molar-refractivity contribution in [3.8, 4) is 5.75 Å². The molecule has 0 aromatic heterocycles. The molecule has 2 rings (SSSR count). The minimum absolute atomic E-state index is 0.349. The van der Waals surface area contributed by atoms with Gasteiger partial charge in [-0.3, -0.25) is 0 Å². The summed E-state index contributed by atoms with van der Waals surface area (Å²) < 4.78 is 10.5. The van der Waals surface area contributed by atoms with Gasteiger partial charge in [0.05, 0.1) is 11.6 Å². The highest BCUT2D eigenvalue weighted by Gasteiger charge is 2.03. The smallest absolute Gasteiger partial charge is 0.330 e. The van der Waals surface area contributed by atoms with Crippen LogP contribution >= 0.6 is 23.2 Å². The summed E-state index contributed by atoms with van der Waals surface area (Å²) in [5.74, 6) is 0.196. The van der Waals surface area contributed by atoms with E-state index in [4.69, 9.17) is 32.7 Å². The molecule has 0 saturated heterocycles. The molecular weight excluding hydrogens is 335 g/mol. The Hall–Kier alpha value is -1.97. The predicted molar refractivity (Wildman–Crippen MR) is 92.9 cm³/mol. The van der Waals surface area contributed by atoms with Gasteiger partial charge in [-0.05, 0) is 48.4 Å². The van der Waals surface area contributed by atoms with Crippen LogP contribution in [0.5, 0.6) is 5.75 Å². The average molecular weight is 351 g/mol. The summed E-state index contributed by atoms with van der Waals surface area (Å²) in [4.78, 5) is 11.3. The van der Waals surface area contributed by atoms with Crippen molar-refractivity contribution in [3.63, 3.8) is 0 Å². The van der Waals surface area contributed by atoms with E-state index in [0.717, 1.165) is 11.1 Å². The number of hydrogen-bond donors (Lipinski definition) is 0. The summed E-state index contributed by atoms with van der Waals surface area (Å²) >= 11 is 12.0. The van der Waals surface area contributed by atoms with Crippen LogP contribution in [0.1, 0.15) is 18.1 Å². The van der Waals surface area contributed by atoms with Gasteiger partial charge in [0.25, 0.3) is 0 Å². The third kappa shape index (κ3) is 5.62. The second-order valence-electron chi connectivity index (χ2n) is 4.69. The minimum Gasteiger partial charge on any atom is -0.487 e. The van der Waals surface area contributed by atoms with Crippen molar-refractivity contribution < 1.29 is 14.3 Å². The lowest BCUT2D eigenvalue weighted by Gasteiger charge is -2.09. The highest BCUT2D eigenvalue weighted by molar-refractivity contribution is 6.32. The van der Waals surface area contributed by atoms with Crippen LogP contribution in [0.25, 0.3) is 6.08 Å². The summed E-state index contributed by atoms with van der Waals surface area (Å²) in [5.41, 5.74) is 1.79. The fourth-order valence-corrected chi connectivity index (χ4v) is 2.20.